The number of methoxy groups -OCH3 is 1. The number of hydrogen-bond acceptors (Lipinski definition) is 5. The van der Waals surface area contributed by atoms with Gasteiger partial charge in [-0.05, 0) is 19.8 Å². The number of rotatable bonds is 4. The molecule has 1 aromatic rings. The van der Waals surface area contributed by atoms with Crippen LogP contribution in [-0.4, -0.2) is 60.0 Å². The lowest BCUT2D eigenvalue weighted by atomic mass is 9.80. The molecule has 25 heavy (non-hydrogen) atoms. The van der Waals surface area contributed by atoms with Gasteiger partial charge in [-0.15, -0.1) is 0 Å². The van der Waals surface area contributed by atoms with Gasteiger partial charge in [-0.2, -0.15) is 0 Å². The Bertz CT molecular complexity index is 706. The van der Waals surface area contributed by atoms with Crippen LogP contribution in [0.3, 0.4) is 0 Å². The van der Waals surface area contributed by atoms with Gasteiger partial charge in [0, 0.05) is 43.8 Å². The quantitative estimate of drug-likeness (QED) is 0.819. The van der Waals surface area contributed by atoms with E-state index in [2.05, 4.69) is 6.92 Å². The monoisotopic (exact) mass is 346 g/mol. The van der Waals surface area contributed by atoms with Crippen molar-refractivity contribution in [2.75, 3.05) is 38.3 Å². The molecule has 0 radical (unpaired) electrons. The third-order valence-electron chi connectivity index (χ3n) is 5.28. The predicted octanol–water partition coefficient (Wildman–Crippen LogP) is 1.22. The summed E-state index contributed by atoms with van der Waals surface area (Å²) in [4.78, 5) is 37.2. The molecule has 1 aromatic heterocycles. The number of amides is 2. The van der Waals surface area contributed by atoms with Gasteiger partial charge in [-0.3, -0.25) is 14.5 Å². The average molecular weight is 346 g/mol. The number of aryl methyl sites for hydroxylation is 1. The minimum Gasteiger partial charge on any atom is -0.383 e. The first-order valence-electron chi connectivity index (χ1n) is 8.78. The Morgan fingerprint density at radius 2 is 2.12 bits per heavy atom. The summed E-state index contributed by atoms with van der Waals surface area (Å²) in [5.74, 6) is 1.57. The van der Waals surface area contributed by atoms with Crippen LogP contribution in [0.5, 0.6) is 0 Å². The summed E-state index contributed by atoms with van der Waals surface area (Å²) in [7, 11) is 1.62. The Hall–Kier alpha value is -2.02. The highest BCUT2D eigenvalue weighted by molar-refractivity contribution is 6.00. The van der Waals surface area contributed by atoms with Crippen molar-refractivity contribution in [3.8, 4) is 0 Å². The number of piperidine rings is 1. The first-order chi connectivity index (χ1) is 11.9. The van der Waals surface area contributed by atoms with E-state index in [1.54, 1.807) is 18.9 Å². The summed E-state index contributed by atoms with van der Waals surface area (Å²) in [6.07, 6.45) is 2.21. The summed E-state index contributed by atoms with van der Waals surface area (Å²) < 4.78 is 5.12. The molecule has 1 atom stereocenters. The van der Waals surface area contributed by atoms with Crippen LogP contribution in [0.1, 0.15) is 43.8 Å². The first-order valence-corrected chi connectivity index (χ1v) is 8.78. The molecule has 0 N–H and O–H groups in total. The van der Waals surface area contributed by atoms with E-state index in [1.165, 1.54) is 0 Å². The van der Waals surface area contributed by atoms with Crippen LogP contribution in [0.4, 0.5) is 5.82 Å². The molecule has 7 heteroatoms. The summed E-state index contributed by atoms with van der Waals surface area (Å²) in [6, 6.07) is 0. The van der Waals surface area contributed by atoms with Crippen LogP contribution >= 0.6 is 0 Å². The number of ether oxygens (including phenoxy) is 1. The molecule has 0 saturated carbocycles. The molecule has 3 rings (SSSR count). The minimum absolute atomic E-state index is 0.0424. The molecule has 1 fully saturated rings. The molecule has 2 aliphatic rings. The molecular weight excluding hydrogens is 320 g/mol. The Morgan fingerprint density at radius 3 is 2.80 bits per heavy atom. The van der Waals surface area contributed by atoms with E-state index in [0.29, 0.717) is 31.9 Å². The van der Waals surface area contributed by atoms with Gasteiger partial charge in [0.25, 0.3) is 0 Å². The molecule has 0 bridgehead atoms. The molecule has 0 aromatic carbocycles. The zero-order valence-electron chi connectivity index (χ0n) is 15.5. The van der Waals surface area contributed by atoms with Gasteiger partial charge in [0.1, 0.15) is 11.6 Å². The predicted molar refractivity (Wildman–Crippen MR) is 93.5 cm³/mol. The summed E-state index contributed by atoms with van der Waals surface area (Å²) in [5, 5.41) is 0. The van der Waals surface area contributed by atoms with Crippen molar-refractivity contribution in [3.63, 3.8) is 0 Å². The Labute approximate surface area is 148 Å². The largest absolute Gasteiger partial charge is 0.383 e. The Kier molecular flexibility index (Phi) is 4.77. The lowest BCUT2D eigenvalue weighted by Gasteiger charge is -2.39. The summed E-state index contributed by atoms with van der Waals surface area (Å²) >= 11 is 0. The number of carbonyl (C=O) groups is 2. The maximum atomic E-state index is 12.3. The molecular formula is C18H26N4O3. The van der Waals surface area contributed by atoms with E-state index < -0.39 is 0 Å². The molecule has 3 heterocycles. The minimum atomic E-state index is -0.289. The fourth-order valence-electron chi connectivity index (χ4n) is 3.75. The lowest BCUT2D eigenvalue weighted by molar-refractivity contribution is -0.131. The SMILES string of the molecule is COCCN1C(=O)Cc2c(C)nc([C@]3(C)CCCN(C(C)=O)C3)nc21. The molecule has 2 amide bonds. The van der Waals surface area contributed by atoms with Gasteiger partial charge in [0.15, 0.2) is 0 Å². The highest BCUT2D eigenvalue weighted by Gasteiger charge is 2.39. The second kappa shape index (κ2) is 6.71. The zero-order valence-corrected chi connectivity index (χ0v) is 15.5. The van der Waals surface area contributed by atoms with Gasteiger partial charge in [0.05, 0.1) is 19.6 Å². The van der Waals surface area contributed by atoms with Crippen LogP contribution < -0.4 is 4.90 Å². The Morgan fingerprint density at radius 1 is 1.36 bits per heavy atom. The number of likely N-dealkylation sites (tertiary alicyclic amines) is 1. The smallest absolute Gasteiger partial charge is 0.232 e. The van der Waals surface area contributed by atoms with Crippen LogP contribution in [0.25, 0.3) is 0 Å². The molecule has 7 nitrogen and oxygen atoms in total. The fourth-order valence-corrected chi connectivity index (χ4v) is 3.75. The topological polar surface area (TPSA) is 75.6 Å². The van der Waals surface area contributed by atoms with Crippen molar-refractivity contribution < 1.29 is 14.3 Å². The van der Waals surface area contributed by atoms with Crippen molar-refractivity contribution in [1.29, 1.82) is 0 Å². The summed E-state index contributed by atoms with van der Waals surface area (Å²) in [6.45, 7) is 8.02. The van der Waals surface area contributed by atoms with Gasteiger partial charge in [0.2, 0.25) is 11.8 Å². The van der Waals surface area contributed by atoms with E-state index in [4.69, 9.17) is 14.7 Å². The van der Waals surface area contributed by atoms with E-state index >= 15 is 0 Å². The second-order valence-electron chi connectivity index (χ2n) is 7.25. The number of fused-ring (bicyclic) bond motifs is 1. The van der Waals surface area contributed by atoms with Crippen molar-refractivity contribution in [3.05, 3.63) is 17.1 Å². The van der Waals surface area contributed by atoms with E-state index in [9.17, 15) is 9.59 Å². The number of nitrogens with zero attached hydrogens (tertiary/aromatic N) is 4. The van der Waals surface area contributed by atoms with Gasteiger partial charge in [-0.1, -0.05) is 6.92 Å². The highest BCUT2D eigenvalue weighted by Crippen LogP contribution is 2.36. The molecule has 0 spiro atoms. The van der Waals surface area contributed by atoms with Crippen molar-refractivity contribution in [2.24, 2.45) is 0 Å². The zero-order chi connectivity index (χ0) is 18.2. The van der Waals surface area contributed by atoms with Gasteiger partial charge >= 0.3 is 0 Å². The maximum Gasteiger partial charge on any atom is 0.232 e. The summed E-state index contributed by atoms with van der Waals surface area (Å²) in [5.41, 5.74) is 1.48. The van der Waals surface area contributed by atoms with E-state index in [0.717, 1.165) is 36.5 Å². The highest BCUT2D eigenvalue weighted by atomic mass is 16.5. The molecule has 2 aliphatic heterocycles. The third kappa shape index (κ3) is 3.25. The maximum absolute atomic E-state index is 12.3. The van der Waals surface area contributed by atoms with Crippen molar-refractivity contribution in [1.82, 2.24) is 14.9 Å². The number of aromatic nitrogens is 2. The molecule has 0 unspecified atom stereocenters. The molecule has 1 saturated heterocycles. The van der Waals surface area contributed by atoms with Crippen LogP contribution in [0.15, 0.2) is 0 Å². The number of carbonyl (C=O) groups excluding carboxylic acids is 2. The normalized spacial score (nSPS) is 23.1. The van der Waals surface area contributed by atoms with Crippen LogP contribution in [0.2, 0.25) is 0 Å². The van der Waals surface area contributed by atoms with Crippen molar-refractivity contribution in [2.45, 2.75) is 45.4 Å². The second-order valence-corrected chi connectivity index (χ2v) is 7.25. The number of hydrogen-bond donors (Lipinski definition) is 0. The van der Waals surface area contributed by atoms with Crippen molar-refractivity contribution >= 4 is 17.6 Å². The van der Waals surface area contributed by atoms with E-state index in [-0.39, 0.29) is 17.2 Å². The standard InChI is InChI=1S/C18H26N4O3/c1-12-14-10-15(24)22(8-9-25-4)16(14)20-17(19-12)18(3)6-5-7-21(11-18)13(2)23/h5-11H2,1-4H3/t18-/m1/s1. The molecule has 136 valence electrons. The number of anilines is 1. The average Bonchev–Trinajstić information content (AvgIpc) is 2.89. The third-order valence-corrected chi connectivity index (χ3v) is 5.28. The van der Waals surface area contributed by atoms with E-state index in [1.807, 2.05) is 11.8 Å². The Balaban J connectivity index is 1.96. The molecule has 0 aliphatic carbocycles. The van der Waals surface area contributed by atoms with Crippen LogP contribution in [0, 0.1) is 6.92 Å². The van der Waals surface area contributed by atoms with Gasteiger partial charge < -0.3 is 9.64 Å². The first kappa shape index (κ1) is 17.8. The van der Waals surface area contributed by atoms with Crippen LogP contribution in [-0.2, 0) is 26.2 Å². The fraction of sp³-hybridized carbons (Fsp3) is 0.667. The van der Waals surface area contributed by atoms with Gasteiger partial charge in [-0.25, -0.2) is 9.97 Å². The lowest BCUT2D eigenvalue weighted by Crippen LogP contribution is -2.47.